The van der Waals surface area contributed by atoms with Gasteiger partial charge in [0.2, 0.25) is 5.91 Å². The van der Waals surface area contributed by atoms with E-state index in [1.807, 2.05) is 0 Å². The van der Waals surface area contributed by atoms with Crippen molar-refractivity contribution in [3.8, 4) is 0 Å². The van der Waals surface area contributed by atoms with E-state index in [1.54, 1.807) is 52.3 Å². The minimum atomic E-state index is -0.369. The molecule has 5 nitrogen and oxygen atoms in total. The summed E-state index contributed by atoms with van der Waals surface area (Å²) in [6, 6.07) is 13.1. The van der Waals surface area contributed by atoms with E-state index in [0.29, 0.717) is 43.0 Å². The van der Waals surface area contributed by atoms with Crippen molar-refractivity contribution < 1.29 is 14.0 Å². The number of piperazine rings is 1. The molecule has 1 aliphatic rings. The third-order valence-corrected chi connectivity index (χ3v) is 4.35. The Morgan fingerprint density at radius 1 is 0.960 bits per heavy atom. The molecule has 0 unspecified atom stereocenters. The summed E-state index contributed by atoms with van der Waals surface area (Å²) in [6.07, 6.45) is 0.0375. The Labute approximate surface area is 145 Å². The fourth-order valence-electron chi connectivity index (χ4n) is 2.93. The van der Waals surface area contributed by atoms with Gasteiger partial charge in [-0.15, -0.1) is 0 Å². The highest BCUT2D eigenvalue weighted by atomic mass is 19.1. The number of hydrogen-bond acceptors (Lipinski definition) is 3. The summed E-state index contributed by atoms with van der Waals surface area (Å²) in [5, 5.41) is 0. The van der Waals surface area contributed by atoms with Gasteiger partial charge in [0.05, 0.1) is 6.42 Å². The largest absolute Gasteiger partial charge is 0.399 e. The van der Waals surface area contributed by atoms with Crippen LogP contribution in [0.5, 0.6) is 0 Å². The quantitative estimate of drug-likeness (QED) is 0.868. The van der Waals surface area contributed by atoms with Crippen LogP contribution in [-0.4, -0.2) is 47.8 Å². The molecular weight excluding hydrogens is 321 g/mol. The molecule has 0 atom stereocenters. The SMILES string of the molecule is Nc1cccc(C(=O)N2CCN(C(=O)Cc3ccccc3F)CC2)c1. The van der Waals surface area contributed by atoms with E-state index in [2.05, 4.69) is 0 Å². The van der Waals surface area contributed by atoms with Gasteiger partial charge >= 0.3 is 0 Å². The second-order valence-electron chi connectivity index (χ2n) is 6.07. The number of nitrogens with zero attached hydrogens (tertiary/aromatic N) is 2. The number of hydrogen-bond donors (Lipinski definition) is 1. The van der Waals surface area contributed by atoms with Crippen molar-refractivity contribution in [3.63, 3.8) is 0 Å². The van der Waals surface area contributed by atoms with Crippen molar-refractivity contribution in [2.75, 3.05) is 31.9 Å². The molecule has 1 heterocycles. The molecule has 0 saturated carbocycles. The molecule has 1 fully saturated rings. The van der Waals surface area contributed by atoms with Gasteiger partial charge in [-0.1, -0.05) is 24.3 Å². The van der Waals surface area contributed by atoms with Gasteiger partial charge in [0.25, 0.3) is 5.91 Å². The Morgan fingerprint density at radius 3 is 2.32 bits per heavy atom. The van der Waals surface area contributed by atoms with Gasteiger partial charge in [-0.05, 0) is 29.8 Å². The Bertz CT molecular complexity index is 786. The molecule has 0 aliphatic carbocycles. The van der Waals surface area contributed by atoms with Gasteiger partial charge in [-0.2, -0.15) is 0 Å². The Morgan fingerprint density at radius 2 is 1.64 bits per heavy atom. The van der Waals surface area contributed by atoms with E-state index >= 15 is 0 Å². The van der Waals surface area contributed by atoms with E-state index in [4.69, 9.17) is 5.73 Å². The van der Waals surface area contributed by atoms with Crippen molar-refractivity contribution in [1.29, 1.82) is 0 Å². The van der Waals surface area contributed by atoms with Crippen molar-refractivity contribution in [3.05, 3.63) is 65.5 Å². The Kier molecular flexibility index (Phi) is 4.97. The number of benzene rings is 2. The first-order valence-corrected chi connectivity index (χ1v) is 8.20. The number of anilines is 1. The summed E-state index contributed by atoms with van der Waals surface area (Å²) in [5.74, 6) is -0.582. The van der Waals surface area contributed by atoms with Crippen molar-refractivity contribution in [1.82, 2.24) is 9.80 Å². The summed E-state index contributed by atoms with van der Waals surface area (Å²) >= 11 is 0. The first-order valence-electron chi connectivity index (χ1n) is 8.20. The van der Waals surface area contributed by atoms with Crippen molar-refractivity contribution in [2.45, 2.75) is 6.42 Å². The molecule has 2 aromatic rings. The van der Waals surface area contributed by atoms with Gasteiger partial charge in [0.15, 0.2) is 0 Å². The van der Waals surface area contributed by atoms with E-state index in [0.717, 1.165) is 0 Å². The Balaban J connectivity index is 1.57. The van der Waals surface area contributed by atoms with Crippen LogP contribution in [0.4, 0.5) is 10.1 Å². The smallest absolute Gasteiger partial charge is 0.254 e. The van der Waals surface area contributed by atoms with Crippen LogP contribution in [-0.2, 0) is 11.2 Å². The van der Waals surface area contributed by atoms with Crippen LogP contribution < -0.4 is 5.73 Å². The minimum absolute atomic E-state index is 0.0375. The second kappa shape index (κ2) is 7.34. The topological polar surface area (TPSA) is 66.6 Å². The zero-order valence-corrected chi connectivity index (χ0v) is 13.8. The van der Waals surface area contributed by atoms with Crippen LogP contribution in [0.2, 0.25) is 0 Å². The van der Waals surface area contributed by atoms with Crippen LogP contribution in [0.1, 0.15) is 15.9 Å². The van der Waals surface area contributed by atoms with Crippen molar-refractivity contribution >= 4 is 17.5 Å². The molecule has 0 bridgehead atoms. The van der Waals surface area contributed by atoms with Gasteiger partial charge in [-0.3, -0.25) is 9.59 Å². The molecule has 130 valence electrons. The number of halogens is 1. The number of carbonyl (C=O) groups excluding carboxylic acids is 2. The maximum Gasteiger partial charge on any atom is 0.254 e. The Hall–Kier alpha value is -2.89. The van der Waals surface area contributed by atoms with E-state index < -0.39 is 0 Å². The van der Waals surface area contributed by atoms with Gasteiger partial charge in [-0.25, -0.2) is 4.39 Å². The molecule has 2 amide bonds. The number of carbonyl (C=O) groups is 2. The van der Waals surface area contributed by atoms with Gasteiger partial charge in [0, 0.05) is 37.4 Å². The molecule has 3 rings (SSSR count). The molecule has 1 saturated heterocycles. The third kappa shape index (κ3) is 3.96. The van der Waals surface area contributed by atoms with Crippen LogP contribution >= 0.6 is 0 Å². The predicted octanol–water partition coefficient (Wildman–Crippen LogP) is 1.93. The monoisotopic (exact) mass is 341 g/mol. The number of nitrogen functional groups attached to an aromatic ring is 1. The van der Waals surface area contributed by atoms with Crippen molar-refractivity contribution in [2.24, 2.45) is 0 Å². The third-order valence-electron chi connectivity index (χ3n) is 4.35. The van der Waals surface area contributed by atoms with E-state index in [9.17, 15) is 14.0 Å². The predicted molar refractivity (Wildman–Crippen MR) is 93.4 cm³/mol. The molecule has 1 aliphatic heterocycles. The molecule has 0 radical (unpaired) electrons. The second-order valence-corrected chi connectivity index (χ2v) is 6.07. The summed E-state index contributed by atoms with van der Waals surface area (Å²) in [5.41, 5.74) is 7.21. The summed E-state index contributed by atoms with van der Waals surface area (Å²) in [7, 11) is 0. The molecule has 0 aromatic heterocycles. The van der Waals surface area contributed by atoms with Gasteiger partial charge in [0.1, 0.15) is 5.82 Å². The molecule has 6 heteroatoms. The number of amides is 2. The molecule has 2 N–H and O–H groups in total. The van der Waals surface area contributed by atoms with Crippen LogP contribution in [0.25, 0.3) is 0 Å². The molecule has 2 aromatic carbocycles. The van der Waals surface area contributed by atoms with E-state index in [1.165, 1.54) is 6.07 Å². The lowest BCUT2D eigenvalue weighted by Crippen LogP contribution is -2.51. The molecule has 25 heavy (non-hydrogen) atoms. The summed E-state index contributed by atoms with van der Waals surface area (Å²) in [4.78, 5) is 28.2. The maximum absolute atomic E-state index is 13.7. The van der Waals surface area contributed by atoms with Crippen LogP contribution in [0, 0.1) is 5.82 Å². The molecular formula is C19H20FN3O2. The standard InChI is InChI=1S/C19H20FN3O2/c20-17-7-2-1-4-14(17)13-18(24)22-8-10-23(11-9-22)19(25)15-5-3-6-16(21)12-15/h1-7,12H,8-11,13,21H2. The lowest BCUT2D eigenvalue weighted by molar-refractivity contribution is -0.132. The van der Waals surface area contributed by atoms with Crippen LogP contribution in [0.3, 0.4) is 0 Å². The summed E-state index contributed by atoms with van der Waals surface area (Å²) in [6.45, 7) is 1.80. The average molecular weight is 341 g/mol. The number of rotatable bonds is 3. The fourth-order valence-corrected chi connectivity index (χ4v) is 2.93. The first-order chi connectivity index (χ1) is 12.0. The highest BCUT2D eigenvalue weighted by molar-refractivity contribution is 5.95. The van der Waals surface area contributed by atoms with Gasteiger partial charge < -0.3 is 15.5 Å². The average Bonchev–Trinajstić information content (AvgIpc) is 2.63. The fraction of sp³-hybridized carbons (Fsp3) is 0.263. The number of nitrogens with two attached hydrogens (primary N) is 1. The lowest BCUT2D eigenvalue weighted by Gasteiger charge is -2.35. The highest BCUT2D eigenvalue weighted by Gasteiger charge is 2.25. The summed E-state index contributed by atoms with van der Waals surface area (Å²) < 4.78 is 13.7. The highest BCUT2D eigenvalue weighted by Crippen LogP contribution is 2.14. The molecule has 0 spiro atoms. The van der Waals surface area contributed by atoms with Crippen LogP contribution in [0.15, 0.2) is 48.5 Å². The zero-order valence-electron chi connectivity index (χ0n) is 13.8. The lowest BCUT2D eigenvalue weighted by atomic mass is 10.1. The maximum atomic E-state index is 13.7. The zero-order chi connectivity index (χ0) is 17.8. The first kappa shape index (κ1) is 17.0. The minimum Gasteiger partial charge on any atom is -0.399 e. The normalized spacial score (nSPS) is 14.4. The van der Waals surface area contributed by atoms with E-state index in [-0.39, 0.29) is 24.1 Å².